The second-order valence-corrected chi connectivity index (χ2v) is 5.75. The molecule has 0 rings (SSSR count). The van der Waals surface area contributed by atoms with E-state index in [0.29, 0.717) is 11.3 Å². The van der Waals surface area contributed by atoms with Crippen LogP contribution in [0.5, 0.6) is 0 Å². The number of halogens is 1. The Balaban J connectivity index is 4.53. The van der Waals surface area contributed by atoms with Crippen LogP contribution in [-0.2, 0) is 0 Å². The van der Waals surface area contributed by atoms with Crippen molar-refractivity contribution in [2.75, 3.05) is 5.88 Å². The molecule has 0 amide bonds. The molecule has 0 bridgehead atoms. The molecule has 0 aromatic carbocycles. The molecule has 0 saturated carbocycles. The van der Waals surface area contributed by atoms with E-state index in [0.717, 1.165) is 17.7 Å². The highest BCUT2D eigenvalue weighted by Crippen LogP contribution is 2.38. The van der Waals surface area contributed by atoms with E-state index in [1.165, 1.54) is 6.42 Å². The molecule has 1 heteroatoms. The summed E-state index contributed by atoms with van der Waals surface area (Å²) in [6, 6.07) is 0. The Kier molecular flexibility index (Phi) is 5.36. The first-order valence-corrected chi connectivity index (χ1v) is 5.94. The van der Waals surface area contributed by atoms with Gasteiger partial charge in [-0.2, -0.15) is 0 Å². The van der Waals surface area contributed by atoms with Gasteiger partial charge in [0, 0.05) is 5.88 Å². The Bertz CT molecular complexity index is 133. The minimum absolute atomic E-state index is 0.340. The molecule has 0 N–H and O–H groups in total. The summed E-state index contributed by atoms with van der Waals surface area (Å²) in [4.78, 5) is 0. The smallest absolute Gasteiger partial charge is 0.0259 e. The van der Waals surface area contributed by atoms with Crippen LogP contribution >= 0.6 is 11.6 Å². The zero-order valence-corrected chi connectivity index (χ0v) is 10.8. The topological polar surface area (TPSA) is 0 Å². The van der Waals surface area contributed by atoms with Crippen molar-refractivity contribution in [1.29, 1.82) is 0 Å². The van der Waals surface area contributed by atoms with E-state index in [9.17, 15) is 0 Å². The lowest BCUT2D eigenvalue weighted by Crippen LogP contribution is -2.32. The Labute approximate surface area is 89.1 Å². The molecule has 2 atom stereocenters. The number of alkyl halides is 1. The molecule has 0 radical (unpaired) electrons. The van der Waals surface area contributed by atoms with Gasteiger partial charge in [0.2, 0.25) is 0 Å². The summed E-state index contributed by atoms with van der Waals surface area (Å²) >= 11 is 6.07. The third-order valence-electron chi connectivity index (χ3n) is 3.12. The van der Waals surface area contributed by atoms with E-state index in [2.05, 4.69) is 41.5 Å². The van der Waals surface area contributed by atoms with Crippen LogP contribution in [0.3, 0.4) is 0 Å². The zero-order chi connectivity index (χ0) is 10.6. The summed E-state index contributed by atoms with van der Waals surface area (Å²) in [6.45, 7) is 13.8. The van der Waals surface area contributed by atoms with Gasteiger partial charge in [-0.25, -0.2) is 0 Å². The molecule has 0 aliphatic rings. The first kappa shape index (κ1) is 13.3. The van der Waals surface area contributed by atoms with Crippen molar-refractivity contribution in [1.82, 2.24) is 0 Å². The third-order valence-corrected chi connectivity index (χ3v) is 3.46. The van der Waals surface area contributed by atoms with Crippen LogP contribution in [0, 0.1) is 23.2 Å². The van der Waals surface area contributed by atoms with E-state index in [1.54, 1.807) is 0 Å². The van der Waals surface area contributed by atoms with Gasteiger partial charge in [0.1, 0.15) is 0 Å². The van der Waals surface area contributed by atoms with Crippen LogP contribution < -0.4 is 0 Å². The van der Waals surface area contributed by atoms with Crippen molar-refractivity contribution < 1.29 is 0 Å². The molecule has 13 heavy (non-hydrogen) atoms. The fourth-order valence-corrected chi connectivity index (χ4v) is 2.90. The molecule has 0 fully saturated rings. The zero-order valence-electron chi connectivity index (χ0n) is 10.0. The highest BCUT2D eigenvalue weighted by molar-refractivity contribution is 6.18. The lowest BCUT2D eigenvalue weighted by atomic mass is 9.69. The fraction of sp³-hybridized carbons (Fsp3) is 1.00. The van der Waals surface area contributed by atoms with Gasteiger partial charge < -0.3 is 0 Å². The van der Waals surface area contributed by atoms with E-state index in [4.69, 9.17) is 11.6 Å². The average molecular weight is 205 g/mol. The Morgan fingerprint density at radius 1 is 1.15 bits per heavy atom. The molecule has 0 heterocycles. The van der Waals surface area contributed by atoms with Gasteiger partial charge in [0.25, 0.3) is 0 Å². The molecule has 2 unspecified atom stereocenters. The van der Waals surface area contributed by atoms with Crippen LogP contribution in [0.15, 0.2) is 0 Å². The lowest BCUT2D eigenvalue weighted by molar-refractivity contribution is 0.138. The van der Waals surface area contributed by atoms with Crippen molar-refractivity contribution in [3.63, 3.8) is 0 Å². The maximum Gasteiger partial charge on any atom is 0.0259 e. The highest BCUT2D eigenvalue weighted by Gasteiger charge is 2.31. The number of rotatable bonds is 4. The Hall–Kier alpha value is 0.290. The predicted molar refractivity (Wildman–Crippen MR) is 62.3 cm³/mol. The van der Waals surface area contributed by atoms with Crippen LogP contribution in [0.1, 0.15) is 48.0 Å². The minimum Gasteiger partial charge on any atom is -0.126 e. The standard InChI is InChI=1S/C12H25Cl/c1-7-10(9(2)3)11(8-13)12(4,5)6/h9-11H,7-8H2,1-6H3. The maximum atomic E-state index is 6.07. The molecule has 0 spiro atoms. The quantitative estimate of drug-likeness (QED) is 0.589. The van der Waals surface area contributed by atoms with Crippen molar-refractivity contribution in [3.05, 3.63) is 0 Å². The van der Waals surface area contributed by atoms with Crippen molar-refractivity contribution >= 4 is 11.6 Å². The Morgan fingerprint density at radius 3 is 1.69 bits per heavy atom. The number of hydrogen-bond acceptors (Lipinski definition) is 0. The van der Waals surface area contributed by atoms with Gasteiger partial charge in [-0.15, -0.1) is 11.6 Å². The molecular formula is C12H25Cl. The summed E-state index contributed by atoms with van der Waals surface area (Å²) < 4.78 is 0. The molecule has 0 nitrogen and oxygen atoms in total. The summed E-state index contributed by atoms with van der Waals surface area (Å²) in [7, 11) is 0. The van der Waals surface area contributed by atoms with E-state index in [-0.39, 0.29) is 0 Å². The van der Waals surface area contributed by atoms with Crippen LogP contribution in [-0.4, -0.2) is 5.88 Å². The summed E-state index contributed by atoms with van der Waals surface area (Å²) in [5.41, 5.74) is 0.340. The summed E-state index contributed by atoms with van der Waals surface area (Å²) in [5, 5.41) is 0. The van der Waals surface area contributed by atoms with Crippen molar-refractivity contribution in [2.24, 2.45) is 23.2 Å². The maximum absolute atomic E-state index is 6.07. The molecular weight excluding hydrogens is 180 g/mol. The molecule has 0 aromatic heterocycles. The average Bonchev–Trinajstić information content (AvgIpc) is 1.96. The molecule has 0 aliphatic carbocycles. The largest absolute Gasteiger partial charge is 0.126 e. The molecule has 0 saturated heterocycles. The van der Waals surface area contributed by atoms with Crippen molar-refractivity contribution in [3.8, 4) is 0 Å². The van der Waals surface area contributed by atoms with Crippen LogP contribution in [0.25, 0.3) is 0 Å². The Morgan fingerprint density at radius 2 is 1.62 bits per heavy atom. The predicted octanol–water partition coefficient (Wildman–Crippen LogP) is 4.57. The van der Waals surface area contributed by atoms with Gasteiger partial charge >= 0.3 is 0 Å². The van der Waals surface area contributed by atoms with Crippen molar-refractivity contribution in [2.45, 2.75) is 48.0 Å². The normalized spacial score (nSPS) is 17.5. The highest BCUT2D eigenvalue weighted by atomic mass is 35.5. The van der Waals surface area contributed by atoms with E-state index < -0.39 is 0 Å². The first-order chi connectivity index (χ1) is 5.84. The van der Waals surface area contributed by atoms with Crippen LogP contribution in [0.4, 0.5) is 0 Å². The second kappa shape index (κ2) is 5.24. The van der Waals surface area contributed by atoms with Gasteiger partial charge in [-0.3, -0.25) is 0 Å². The van der Waals surface area contributed by atoms with E-state index >= 15 is 0 Å². The summed E-state index contributed by atoms with van der Waals surface area (Å²) in [5.74, 6) is 2.94. The second-order valence-electron chi connectivity index (χ2n) is 5.44. The molecule has 0 aliphatic heterocycles. The third kappa shape index (κ3) is 3.89. The molecule has 0 aromatic rings. The van der Waals surface area contributed by atoms with Gasteiger partial charge in [-0.1, -0.05) is 48.0 Å². The first-order valence-electron chi connectivity index (χ1n) is 5.40. The monoisotopic (exact) mass is 204 g/mol. The van der Waals surface area contributed by atoms with E-state index in [1.807, 2.05) is 0 Å². The SMILES string of the molecule is CCC(C(C)C)C(CCl)C(C)(C)C. The van der Waals surface area contributed by atoms with Gasteiger partial charge in [0.15, 0.2) is 0 Å². The number of hydrogen-bond donors (Lipinski definition) is 0. The minimum atomic E-state index is 0.340. The summed E-state index contributed by atoms with van der Waals surface area (Å²) in [6.07, 6.45) is 1.24. The van der Waals surface area contributed by atoms with Gasteiger partial charge in [-0.05, 0) is 23.2 Å². The lowest BCUT2D eigenvalue weighted by Gasteiger charge is -2.37. The fourth-order valence-electron chi connectivity index (χ4n) is 2.21. The van der Waals surface area contributed by atoms with Crippen LogP contribution in [0.2, 0.25) is 0 Å². The van der Waals surface area contributed by atoms with Gasteiger partial charge in [0.05, 0.1) is 0 Å². The molecule has 80 valence electrons.